The summed E-state index contributed by atoms with van der Waals surface area (Å²) in [4.78, 5) is 18.3. The summed E-state index contributed by atoms with van der Waals surface area (Å²) in [6.45, 7) is 4.85. The summed E-state index contributed by atoms with van der Waals surface area (Å²) in [6.07, 6.45) is 5.48. The highest BCUT2D eigenvalue weighted by Crippen LogP contribution is 2.24. The van der Waals surface area contributed by atoms with Crippen molar-refractivity contribution in [1.82, 2.24) is 19.9 Å². The van der Waals surface area contributed by atoms with E-state index in [1.807, 2.05) is 30.6 Å². The molecule has 134 valence electrons. The van der Waals surface area contributed by atoms with Gasteiger partial charge in [-0.15, -0.1) is 0 Å². The Morgan fingerprint density at radius 1 is 1.08 bits per heavy atom. The Morgan fingerprint density at radius 2 is 1.92 bits per heavy atom. The number of hydrogen-bond acceptors (Lipinski definition) is 6. The fourth-order valence-electron chi connectivity index (χ4n) is 3.21. The van der Waals surface area contributed by atoms with Gasteiger partial charge in [0.15, 0.2) is 0 Å². The van der Waals surface area contributed by atoms with E-state index in [1.165, 1.54) is 5.56 Å². The van der Waals surface area contributed by atoms with Gasteiger partial charge in [0.25, 0.3) is 0 Å². The van der Waals surface area contributed by atoms with Gasteiger partial charge in [-0.25, -0.2) is 4.98 Å². The minimum atomic E-state index is 0.701. The maximum Gasteiger partial charge on any atom is 0.133 e. The highest BCUT2D eigenvalue weighted by atomic mass is 79.9. The number of nitrogens with one attached hydrogen (secondary N) is 1. The zero-order valence-corrected chi connectivity index (χ0v) is 16.3. The van der Waals surface area contributed by atoms with E-state index in [0.717, 1.165) is 53.2 Å². The van der Waals surface area contributed by atoms with E-state index < -0.39 is 0 Å². The first-order chi connectivity index (χ1) is 12.7. The Labute approximate surface area is 161 Å². The molecular formula is C19H21BrN6. The summed E-state index contributed by atoms with van der Waals surface area (Å²) < 4.78 is 0.930. The molecular weight excluding hydrogens is 392 g/mol. The van der Waals surface area contributed by atoms with Gasteiger partial charge in [0, 0.05) is 61.4 Å². The third kappa shape index (κ3) is 3.64. The summed E-state index contributed by atoms with van der Waals surface area (Å²) in [7, 11) is 2.16. The maximum absolute atomic E-state index is 4.65. The van der Waals surface area contributed by atoms with Crippen LogP contribution in [0.3, 0.4) is 0 Å². The first-order valence-corrected chi connectivity index (χ1v) is 9.51. The summed E-state index contributed by atoms with van der Waals surface area (Å²) in [5.41, 5.74) is 3.92. The molecule has 1 saturated heterocycles. The lowest BCUT2D eigenvalue weighted by molar-refractivity contribution is 0.312. The fraction of sp³-hybridized carbons (Fsp3) is 0.316. The number of rotatable bonds is 4. The summed E-state index contributed by atoms with van der Waals surface area (Å²) >= 11 is 3.45. The molecule has 0 atom stereocenters. The molecule has 3 aromatic heterocycles. The molecule has 1 aliphatic heterocycles. The average Bonchev–Trinajstić information content (AvgIpc) is 2.67. The van der Waals surface area contributed by atoms with Crippen LogP contribution in [0.1, 0.15) is 5.56 Å². The average molecular weight is 413 g/mol. The predicted octanol–water partition coefficient (Wildman–Crippen LogP) is 3.15. The topological polar surface area (TPSA) is 57.2 Å². The Balaban J connectivity index is 1.56. The van der Waals surface area contributed by atoms with Crippen molar-refractivity contribution in [3.8, 4) is 0 Å². The molecule has 0 aliphatic carbocycles. The van der Waals surface area contributed by atoms with E-state index in [2.05, 4.69) is 59.1 Å². The van der Waals surface area contributed by atoms with Crippen molar-refractivity contribution in [2.24, 2.45) is 0 Å². The molecule has 26 heavy (non-hydrogen) atoms. The normalized spacial score (nSPS) is 15.4. The van der Waals surface area contributed by atoms with Crippen molar-refractivity contribution in [3.63, 3.8) is 0 Å². The molecule has 7 heteroatoms. The van der Waals surface area contributed by atoms with Gasteiger partial charge < -0.3 is 15.1 Å². The van der Waals surface area contributed by atoms with Crippen LogP contribution in [0.4, 0.5) is 11.5 Å². The molecule has 4 heterocycles. The monoisotopic (exact) mass is 412 g/mol. The minimum Gasteiger partial charge on any atom is -0.379 e. The number of halogens is 1. The molecule has 0 unspecified atom stereocenters. The van der Waals surface area contributed by atoms with E-state index in [9.17, 15) is 0 Å². The number of likely N-dealkylation sites (N-methyl/N-ethyl adjacent to an activating group) is 1. The second-order valence-corrected chi connectivity index (χ2v) is 7.43. The van der Waals surface area contributed by atoms with Crippen LogP contribution in [-0.4, -0.2) is 53.1 Å². The second kappa shape index (κ2) is 7.55. The Morgan fingerprint density at radius 3 is 2.77 bits per heavy atom. The van der Waals surface area contributed by atoms with Crippen molar-refractivity contribution in [1.29, 1.82) is 0 Å². The van der Waals surface area contributed by atoms with Crippen LogP contribution in [0.25, 0.3) is 11.0 Å². The molecule has 0 spiro atoms. The van der Waals surface area contributed by atoms with E-state index in [0.29, 0.717) is 6.54 Å². The molecule has 0 saturated carbocycles. The summed E-state index contributed by atoms with van der Waals surface area (Å²) in [6, 6.07) is 8.08. The lowest BCUT2D eigenvalue weighted by atomic mass is 10.2. The highest BCUT2D eigenvalue weighted by Gasteiger charge is 2.18. The van der Waals surface area contributed by atoms with Crippen LogP contribution in [0, 0.1) is 0 Å². The predicted molar refractivity (Wildman–Crippen MR) is 109 cm³/mol. The molecule has 1 N–H and O–H groups in total. The van der Waals surface area contributed by atoms with E-state index in [-0.39, 0.29) is 0 Å². The molecule has 3 aromatic rings. The van der Waals surface area contributed by atoms with Crippen LogP contribution >= 0.6 is 15.9 Å². The van der Waals surface area contributed by atoms with Gasteiger partial charge >= 0.3 is 0 Å². The maximum atomic E-state index is 4.65. The van der Waals surface area contributed by atoms with E-state index in [4.69, 9.17) is 0 Å². The van der Waals surface area contributed by atoms with Gasteiger partial charge in [0.05, 0.1) is 11.2 Å². The first kappa shape index (κ1) is 17.2. The van der Waals surface area contributed by atoms with Crippen LogP contribution in [0.5, 0.6) is 0 Å². The standard InChI is InChI=1S/C19H21BrN6/c1-25-7-9-26(10-8-25)19-14(3-2-5-22-19)12-23-16-4-6-21-17-11-15(20)13-24-18(16)17/h2-6,11,13H,7-10,12H2,1H3,(H,21,23). The molecule has 0 radical (unpaired) electrons. The number of pyridine rings is 3. The Hall–Kier alpha value is -2.25. The van der Waals surface area contributed by atoms with Crippen LogP contribution in [0.2, 0.25) is 0 Å². The number of anilines is 2. The quantitative estimate of drug-likeness (QED) is 0.709. The smallest absolute Gasteiger partial charge is 0.133 e. The van der Waals surface area contributed by atoms with Crippen molar-refractivity contribution >= 4 is 38.5 Å². The van der Waals surface area contributed by atoms with Gasteiger partial charge in [-0.05, 0) is 41.2 Å². The molecule has 1 aliphatic rings. The second-order valence-electron chi connectivity index (χ2n) is 6.51. The molecule has 0 amide bonds. The summed E-state index contributed by atoms with van der Waals surface area (Å²) in [5, 5.41) is 3.52. The van der Waals surface area contributed by atoms with Gasteiger partial charge in [0.2, 0.25) is 0 Å². The molecule has 0 bridgehead atoms. The van der Waals surface area contributed by atoms with E-state index >= 15 is 0 Å². The van der Waals surface area contributed by atoms with Gasteiger partial charge in [0.1, 0.15) is 11.3 Å². The number of piperazine rings is 1. The molecule has 4 rings (SSSR count). The number of aromatic nitrogens is 3. The highest BCUT2D eigenvalue weighted by molar-refractivity contribution is 9.10. The first-order valence-electron chi connectivity index (χ1n) is 8.72. The van der Waals surface area contributed by atoms with Crippen molar-refractivity contribution in [2.75, 3.05) is 43.4 Å². The van der Waals surface area contributed by atoms with Gasteiger partial charge in [-0.3, -0.25) is 9.97 Å². The third-order valence-corrected chi connectivity index (χ3v) is 5.12. The third-order valence-electron chi connectivity index (χ3n) is 4.68. The zero-order chi connectivity index (χ0) is 17.9. The largest absolute Gasteiger partial charge is 0.379 e. The molecule has 1 fully saturated rings. The zero-order valence-electron chi connectivity index (χ0n) is 14.7. The SMILES string of the molecule is CN1CCN(c2ncccc2CNc2ccnc3cc(Br)cnc23)CC1. The lowest BCUT2D eigenvalue weighted by Gasteiger charge is -2.34. The van der Waals surface area contributed by atoms with Gasteiger partial charge in [-0.1, -0.05) is 6.07 Å². The number of nitrogens with zero attached hydrogens (tertiary/aromatic N) is 5. The van der Waals surface area contributed by atoms with Gasteiger partial charge in [-0.2, -0.15) is 0 Å². The van der Waals surface area contributed by atoms with Crippen molar-refractivity contribution in [2.45, 2.75) is 6.54 Å². The number of fused-ring (bicyclic) bond motifs is 1. The van der Waals surface area contributed by atoms with Crippen LogP contribution in [0.15, 0.2) is 47.3 Å². The summed E-state index contributed by atoms with van der Waals surface area (Å²) in [5.74, 6) is 1.07. The molecule has 0 aromatic carbocycles. The Bertz CT molecular complexity index is 907. The minimum absolute atomic E-state index is 0.701. The fourth-order valence-corrected chi connectivity index (χ4v) is 3.53. The van der Waals surface area contributed by atoms with Crippen molar-refractivity contribution < 1.29 is 0 Å². The van der Waals surface area contributed by atoms with Crippen LogP contribution in [-0.2, 0) is 6.54 Å². The van der Waals surface area contributed by atoms with Crippen LogP contribution < -0.4 is 10.2 Å². The van der Waals surface area contributed by atoms with E-state index in [1.54, 1.807) is 6.20 Å². The number of hydrogen-bond donors (Lipinski definition) is 1. The molecule has 6 nitrogen and oxygen atoms in total. The Kier molecular flexibility index (Phi) is 4.99. The lowest BCUT2D eigenvalue weighted by Crippen LogP contribution is -2.45. The van der Waals surface area contributed by atoms with Crippen molar-refractivity contribution in [3.05, 3.63) is 52.9 Å².